The fraction of sp³-hybridized carbons (Fsp3) is 0.222. The van der Waals surface area contributed by atoms with Gasteiger partial charge >= 0.3 is 0 Å². The molecule has 0 amide bonds. The molecule has 4 rings (SSSR count). The second-order valence-electron chi connectivity index (χ2n) is 6.86. The highest BCUT2D eigenvalue weighted by Gasteiger charge is 2.39. The summed E-state index contributed by atoms with van der Waals surface area (Å²) in [6, 6.07) is 6.56. The molecule has 3 heterocycles. The SMILES string of the molecule is C=S1(=O)C[C@@](C)(c2sc(-c3cccc(-c4nnco4)c3F)cc2Cl)N=C(N)N1C. The van der Waals surface area contributed by atoms with Crippen LogP contribution in [0.3, 0.4) is 0 Å². The Labute approximate surface area is 176 Å². The summed E-state index contributed by atoms with van der Waals surface area (Å²) in [6.45, 7) is 1.80. The van der Waals surface area contributed by atoms with Crippen molar-refractivity contribution in [3.05, 3.63) is 46.4 Å². The van der Waals surface area contributed by atoms with E-state index in [1.54, 1.807) is 38.2 Å². The molecule has 0 radical (unpaired) electrons. The van der Waals surface area contributed by atoms with Crippen molar-refractivity contribution in [3.63, 3.8) is 0 Å². The number of guanidine groups is 1. The van der Waals surface area contributed by atoms with E-state index in [4.69, 9.17) is 21.8 Å². The third kappa shape index (κ3) is 3.30. The summed E-state index contributed by atoms with van der Waals surface area (Å²) in [5.74, 6) is 3.65. The lowest BCUT2D eigenvalue weighted by atomic mass is 10.0. The number of rotatable bonds is 3. The zero-order chi connectivity index (χ0) is 21.0. The van der Waals surface area contributed by atoms with Crippen molar-refractivity contribution in [2.24, 2.45) is 10.7 Å². The minimum atomic E-state index is -2.66. The molecule has 1 aliphatic rings. The Kier molecular flexibility index (Phi) is 4.67. The van der Waals surface area contributed by atoms with Crippen LogP contribution in [-0.2, 0) is 15.2 Å². The molecule has 0 fully saturated rings. The fourth-order valence-corrected chi connectivity index (χ4v) is 6.63. The second kappa shape index (κ2) is 6.82. The first-order valence-corrected chi connectivity index (χ1v) is 11.5. The van der Waals surface area contributed by atoms with E-state index < -0.39 is 21.1 Å². The Bertz CT molecular complexity index is 1220. The Balaban J connectivity index is 1.82. The van der Waals surface area contributed by atoms with Crippen LogP contribution in [0, 0.1) is 5.82 Å². The minimum absolute atomic E-state index is 0.0867. The molecule has 2 atom stereocenters. The van der Waals surface area contributed by atoms with Crippen LogP contribution in [0.4, 0.5) is 4.39 Å². The van der Waals surface area contributed by atoms with E-state index in [-0.39, 0.29) is 23.2 Å². The number of thiophene rings is 1. The molecule has 1 aliphatic heterocycles. The van der Waals surface area contributed by atoms with Gasteiger partial charge in [-0.25, -0.2) is 13.6 Å². The Morgan fingerprint density at radius 3 is 2.83 bits per heavy atom. The molecule has 0 saturated heterocycles. The molecule has 0 aliphatic carbocycles. The van der Waals surface area contributed by atoms with Crippen LogP contribution in [0.1, 0.15) is 11.8 Å². The first-order chi connectivity index (χ1) is 13.6. The number of nitrogens with zero attached hydrogens (tertiary/aromatic N) is 4. The highest BCUT2D eigenvalue weighted by Crippen LogP contribution is 2.45. The predicted octanol–water partition coefficient (Wildman–Crippen LogP) is 3.36. The van der Waals surface area contributed by atoms with Crippen LogP contribution in [0.25, 0.3) is 21.9 Å². The zero-order valence-electron chi connectivity index (χ0n) is 15.6. The molecule has 0 bridgehead atoms. The van der Waals surface area contributed by atoms with E-state index in [1.165, 1.54) is 15.6 Å². The molecule has 2 aromatic heterocycles. The average Bonchev–Trinajstić information content (AvgIpc) is 3.29. The van der Waals surface area contributed by atoms with E-state index in [2.05, 4.69) is 21.1 Å². The van der Waals surface area contributed by atoms with Gasteiger partial charge in [0.2, 0.25) is 18.2 Å². The van der Waals surface area contributed by atoms with Crippen LogP contribution >= 0.6 is 22.9 Å². The molecule has 0 spiro atoms. The van der Waals surface area contributed by atoms with Gasteiger partial charge in [-0.1, -0.05) is 23.7 Å². The smallest absolute Gasteiger partial charge is 0.250 e. The van der Waals surface area contributed by atoms with Gasteiger partial charge < -0.3 is 10.2 Å². The van der Waals surface area contributed by atoms with E-state index in [9.17, 15) is 4.21 Å². The molecule has 0 saturated carbocycles. The zero-order valence-corrected chi connectivity index (χ0v) is 17.9. The second-order valence-corrected chi connectivity index (χ2v) is 10.7. The van der Waals surface area contributed by atoms with E-state index in [1.807, 2.05) is 0 Å². The number of hydrogen-bond acceptors (Lipinski definition) is 7. The third-order valence-corrected chi connectivity index (χ3v) is 8.75. The summed E-state index contributed by atoms with van der Waals surface area (Å²) in [5.41, 5.74) is 5.56. The van der Waals surface area contributed by atoms with Crippen LogP contribution in [0.15, 0.2) is 40.1 Å². The van der Waals surface area contributed by atoms with Gasteiger partial charge in [-0.15, -0.1) is 21.5 Å². The molecular formula is C18H17ClFN5O2S2. The van der Waals surface area contributed by atoms with Crippen LogP contribution in [0.2, 0.25) is 5.02 Å². The van der Waals surface area contributed by atoms with Gasteiger partial charge in [-0.3, -0.25) is 4.31 Å². The van der Waals surface area contributed by atoms with Gasteiger partial charge in [0.05, 0.1) is 30.9 Å². The van der Waals surface area contributed by atoms with E-state index in [0.717, 1.165) is 6.39 Å². The highest BCUT2D eigenvalue weighted by atomic mass is 35.5. The highest BCUT2D eigenvalue weighted by molar-refractivity contribution is 7.98. The molecular weight excluding hydrogens is 437 g/mol. The number of halogens is 2. The maximum atomic E-state index is 15.2. The topological polar surface area (TPSA) is 97.6 Å². The molecule has 152 valence electrons. The van der Waals surface area contributed by atoms with Crippen LogP contribution in [-0.4, -0.2) is 43.3 Å². The van der Waals surface area contributed by atoms with Gasteiger partial charge in [0, 0.05) is 17.5 Å². The lowest BCUT2D eigenvalue weighted by Crippen LogP contribution is -2.50. The normalized spacial score (nSPS) is 24.6. The number of aromatic nitrogens is 2. The van der Waals surface area contributed by atoms with Gasteiger partial charge in [0.25, 0.3) is 0 Å². The monoisotopic (exact) mass is 453 g/mol. The Morgan fingerprint density at radius 2 is 2.17 bits per heavy atom. The fourth-order valence-electron chi connectivity index (χ4n) is 3.22. The number of aliphatic imine (C=N–C) groups is 1. The number of hydrogen-bond donors (Lipinski definition) is 1. The first-order valence-electron chi connectivity index (χ1n) is 8.42. The van der Waals surface area contributed by atoms with Crippen molar-refractivity contribution in [1.29, 1.82) is 0 Å². The summed E-state index contributed by atoms with van der Waals surface area (Å²) in [4.78, 5) is 5.74. The number of benzene rings is 1. The van der Waals surface area contributed by atoms with E-state index in [0.29, 0.717) is 20.3 Å². The predicted molar refractivity (Wildman–Crippen MR) is 115 cm³/mol. The first kappa shape index (κ1) is 19.9. The van der Waals surface area contributed by atoms with Crippen molar-refractivity contribution in [3.8, 4) is 21.9 Å². The summed E-state index contributed by atoms with van der Waals surface area (Å²) in [6.07, 6.45) is 1.14. The summed E-state index contributed by atoms with van der Waals surface area (Å²) >= 11 is 7.77. The molecule has 7 nitrogen and oxygen atoms in total. The van der Waals surface area contributed by atoms with Gasteiger partial charge in [-0.2, -0.15) is 0 Å². The Morgan fingerprint density at radius 1 is 1.45 bits per heavy atom. The average molecular weight is 454 g/mol. The van der Waals surface area contributed by atoms with Gasteiger partial charge in [0.15, 0.2) is 0 Å². The molecule has 11 heteroatoms. The largest absolute Gasteiger partial charge is 0.423 e. The van der Waals surface area contributed by atoms with Crippen LogP contribution in [0.5, 0.6) is 0 Å². The van der Waals surface area contributed by atoms with Crippen molar-refractivity contribution in [1.82, 2.24) is 14.5 Å². The summed E-state index contributed by atoms with van der Waals surface area (Å²) in [7, 11) is -1.07. The Hall–Kier alpha value is -2.43. The standard InChI is InChI=1S/C18H17ClFN5O2S2/c1-18(8-29(3,26)25(2)17(21)23-18)15-12(19)7-13(28-15)10-5-4-6-11(14(10)20)16-24-22-9-27-16/h4-7,9H,3,8H2,1-2H3,(H2,21,23)/t18-,29?/m0/s1. The number of nitrogens with two attached hydrogens (primary N) is 1. The van der Waals surface area contributed by atoms with Crippen molar-refractivity contribution in [2.75, 3.05) is 12.8 Å². The van der Waals surface area contributed by atoms with Gasteiger partial charge in [0.1, 0.15) is 11.4 Å². The summed E-state index contributed by atoms with van der Waals surface area (Å²) < 4.78 is 34.5. The quantitative estimate of drug-likeness (QED) is 0.613. The molecule has 2 N–H and O–H groups in total. The lowest BCUT2D eigenvalue weighted by Gasteiger charge is -2.36. The summed E-state index contributed by atoms with van der Waals surface area (Å²) in [5, 5.41) is 7.75. The van der Waals surface area contributed by atoms with Crippen molar-refractivity contribution in [2.45, 2.75) is 12.5 Å². The molecule has 3 aromatic rings. The van der Waals surface area contributed by atoms with Crippen molar-refractivity contribution >= 4 is 44.5 Å². The van der Waals surface area contributed by atoms with Crippen LogP contribution < -0.4 is 5.73 Å². The minimum Gasteiger partial charge on any atom is -0.423 e. The van der Waals surface area contributed by atoms with E-state index >= 15 is 4.39 Å². The molecule has 1 aromatic carbocycles. The lowest BCUT2D eigenvalue weighted by molar-refractivity contribution is 0.522. The molecule has 1 unspecified atom stereocenters. The molecule has 29 heavy (non-hydrogen) atoms. The van der Waals surface area contributed by atoms with Crippen molar-refractivity contribution < 1.29 is 13.0 Å². The van der Waals surface area contributed by atoms with Gasteiger partial charge in [-0.05, 0) is 24.9 Å². The maximum Gasteiger partial charge on any atom is 0.250 e. The maximum absolute atomic E-state index is 15.2. The third-order valence-electron chi connectivity index (χ3n) is 4.72.